The number of para-hydroxylation sites is 2. The number of pyridine rings is 1. The Morgan fingerprint density at radius 2 is 1.83 bits per heavy atom. The van der Waals surface area contributed by atoms with E-state index in [9.17, 15) is 0 Å². The molecule has 0 aliphatic carbocycles. The first kappa shape index (κ1) is 17.2. The van der Waals surface area contributed by atoms with Gasteiger partial charge in [-0.1, -0.05) is 48.5 Å². The fourth-order valence-electron chi connectivity index (χ4n) is 4.23. The van der Waals surface area contributed by atoms with Crippen molar-refractivity contribution in [1.82, 2.24) is 24.8 Å². The van der Waals surface area contributed by atoms with Crippen LogP contribution in [0.25, 0.3) is 11.0 Å². The maximum absolute atomic E-state index is 4.98. The molecule has 2 aromatic heterocycles. The van der Waals surface area contributed by atoms with Gasteiger partial charge in [-0.2, -0.15) is 0 Å². The van der Waals surface area contributed by atoms with E-state index in [-0.39, 0.29) is 6.17 Å². The molecule has 0 saturated carbocycles. The van der Waals surface area contributed by atoms with Gasteiger partial charge in [0.2, 0.25) is 11.9 Å². The van der Waals surface area contributed by atoms with Crippen LogP contribution in [-0.4, -0.2) is 38.7 Å². The van der Waals surface area contributed by atoms with E-state index in [4.69, 9.17) is 9.98 Å². The molecule has 0 fully saturated rings. The van der Waals surface area contributed by atoms with Gasteiger partial charge in [0.05, 0.1) is 24.4 Å². The maximum Gasteiger partial charge on any atom is 0.216 e. The lowest BCUT2D eigenvalue weighted by Gasteiger charge is -2.41. The number of nitrogens with zero attached hydrogens (tertiary/aromatic N) is 6. The van der Waals surface area contributed by atoms with Gasteiger partial charge in [0, 0.05) is 18.9 Å². The van der Waals surface area contributed by atoms with E-state index in [1.165, 1.54) is 11.1 Å². The summed E-state index contributed by atoms with van der Waals surface area (Å²) in [5.41, 5.74) is 4.46. The first-order valence-corrected chi connectivity index (χ1v) is 10.1. The second-order valence-electron chi connectivity index (χ2n) is 7.61. The zero-order chi connectivity index (χ0) is 19.9. The van der Waals surface area contributed by atoms with Gasteiger partial charge in [-0.3, -0.25) is 19.4 Å². The number of aliphatic imine (C=N–C) groups is 1. The second-order valence-corrected chi connectivity index (χ2v) is 7.61. The van der Waals surface area contributed by atoms with Crippen molar-refractivity contribution in [2.24, 2.45) is 4.99 Å². The van der Waals surface area contributed by atoms with Crippen molar-refractivity contribution in [2.75, 3.05) is 18.2 Å². The highest BCUT2D eigenvalue weighted by Gasteiger charge is 2.35. The highest BCUT2D eigenvalue weighted by Crippen LogP contribution is 2.33. The standard InChI is InChI=1S/C23H21N7/c1-2-8-18(9-3-1)21-27-22-25-15-28(14-17-7-6-12-24-13-17)16-29(22)23-26-19-10-4-5-11-20(19)30(21)23/h1-13,21H,14-16H2,(H,25,27)/t21-/m1/s1. The fourth-order valence-corrected chi connectivity index (χ4v) is 4.23. The Bertz CT molecular complexity index is 1220. The Balaban J connectivity index is 1.42. The molecular weight excluding hydrogens is 374 g/mol. The Morgan fingerprint density at radius 3 is 2.70 bits per heavy atom. The molecule has 4 heterocycles. The lowest BCUT2D eigenvalue weighted by atomic mass is 10.1. The van der Waals surface area contributed by atoms with Gasteiger partial charge in [-0.25, -0.2) is 9.98 Å². The monoisotopic (exact) mass is 395 g/mol. The topological polar surface area (TPSA) is 61.6 Å². The summed E-state index contributed by atoms with van der Waals surface area (Å²) in [4.78, 5) is 18.5. The van der Waals surface area contributed by atoms with E-state index < -0.39 is 0 Å². The van der Waals surface area contributed by atoms with Crippen LogP contribution in [0.5, 0.6) is 0 Å². The maximum atomic E-state index is 4.98. The number of anilines is 1. The average Bonchev–Trinajstić information content (AvgIpc) is 3.20. The summed E-state index contributed by atoms with van der Waals surface area (Å²) < 4.78 is 2.28. The Morgan fingerprint density at radius 1 is 0.967 bits per heavy atom. The summed E-state index contributed by atoms with van der Waals surface area (Å²) in [5, 5.41) is 3.65. The van der Waals surface area contributed by atoms with Crippen LogP contribution in [0.4, 0.5) is 5.95 Å². The summed E-state index contributed by atoms with van der Waals surface area (Å²) in [5.74, 6) is 1.78. The summed E-state index contributed by atoms with van der Waals surface area (Å²) in [7, 11) is 0. The molecular formula is C23H21N7. The first-order chi connectivity index (χ1) is 14.9. The minimum Gasteiger partial charge on any atom is -0.331 e. The molecule has 0 bridgehead atoms. The molecule has 0 amide bonds. The summed E-state index contributed by atoms with van der Waals surface area (Å²) in [6, 6.07) is 22.8. The zero-order valence-electron chi connectivity index (χ0n) is 16.4. The predicted octanol–water partition coefficient (Wildman–Crippen LogP) is 3.17. The number of aromatic nitrogens is 3. The molecule has 30 heavy (non-hydrogen) atoms. The van der Waals surface area contributed by atoms with Gasteiger partial charge >= 0.3 is 0 Å². The van der Waals surface area contributed by atoms with E-state index >= 15 is 0 Å². The number of imidazole rings is 1. The average molecular weight is 395 g/mol. The molecule has 6 rings (SSSR count). The lowest BCUT2D eigenvalue weighted by molar-refractivity contribution is 0.263. The molecule has 2 aliphatic rings. The summed E-state index contributed by atoms with van der Waals surface area (Å²) >= 11 is 0. The molecule has 0 spiro atoms. The van der Waals surface area contributed by atoms with Gasteiger partial charge < -0.3 is 5.32 Å². The van der Waals surface area contributed by atoms with Crippen LogP contribution in [0.2, 0.25) is 0 Å². The molecule has 0 radical (unpaired) electrons. The fraction of sp³-hybridized carbons (Fsp3) is 0.174. The van der Waals surface area contributed by atoms with Crippen LogP contribution in [0.1, 0.15) is 17.3 Å². The second kappa shape index (κ2) is 6.96. The Kier molecular flexibility index (Phi) is 3.99. The molecule has 7 nitrogen and oxygen atoms in total. The SMILES string of the molecule is c1ccc([C@@H]2NC3=NCN(Cc4cccnc4)CN3c3nc4ccccc4n32)cc1. The number of nitrogens with one attached hydrogen (secondary N) is 1. The van der Waals surface area contributed by atoms with Crippen LogP contribution in [0.3, 0.4) is 0 Å². The van der Waals surface area contributed by atoms with E-state index in [0.717, 1.165) is 29.5 Å². The molecule has 2 aliphatic heterocycles. The number of benzene rings is 2. The number of fused-ring (bicyclic) bond motifs is 5. The lowest BCUT2D eigenvalue weighted by Crippen LogP contribution is -2.57. The first-order valence-electron chi connectivity index (χ1n) is 10.1. The third kappa shape index (κ3) is 2.83. The number of hydrogen-bond donors (Lipinski definition) is 1. The van der Waals surface area contributed by atoms with Crippen molar-refractivity contribution in [3.05, 3.63) is 90.3 Å². The van der Waals surface area contributed by atoms with Gasteiger partial charge in [0.1, 0.15) is 6.17 Å². The molecule has 7 heteroatoms. The molecule has 4 aromatic rings. The third-order valence-electron chi connectivity index (χ3n) is 5.60. The van der Waals surface area contributed by atoms with Gasteiger partial charge in [-0.05, 0) is 29.3 Å². The minimum atomic E-state index is -0.0477. The zero-order valence-corrected chi connectivity index (χ0v) is 16.4. The van der Waals surface area contributed by atoms with Crippen LogP contribution in [0, 0.1) is 0 Å². The van der Waals surface area contributed by atoms with Gasteiger partial charge in [0.25, 0.3) is 0 Å². The Labute approximate surface area is 174 Å². The smallest absolute Gasteiger partial charge is 0.216 e. The predicted molar refractivity (Wildman–Crippen MR) is 117 cm³/mol. The van der Waals surface area contributed by atoms with Gasteiger partial charge in [-0.15, -0.1) is 0 Å². The summed E-state index contributed by atoms with van der Waals surface area (Å²) in [6.07, 6.45) is 3.67. The number of rotatable bonds is 3. The van der Waals surface area contributed by atoms with Crippen molar-refractivity contribution in [3.63, 3.8) is 0 Å². The van der Waals surface area contributed by atoms with Crippen molar-refractivity contribution < 1.29 is 0 Å². The summed E-state index contributed by atoms with van der Waals surface area (Å²) in [6.45, 7) is 2.14. The van der Waals surface area contributed by atoms with E-state index in [0.29, 0.717) is 13.3 Å². The molecule has 2 aromatic carbocycles. The van der Waals surface area contributed by atoms with Crippen molar-refractivity contribution in [2.45, 2.75) is 12.7 Å². The largest absolute Gasteiger partial charge is 0.331 e. The van der Waals surface area contributed by atoms with E-state index in [1.807, 2.05) is 24.4 Å². The van der Waals surface area contributed by atoms with Crippen LogP contribution >= 0.6 is 0 Å². The van der Waals surface area contributed by atoms with Crippen molar-refractivity contribution in [1.29, 1.82) is 0 Å². The number of guanidine groups is 1. The van der Waals surface area contributed by atoms with E-state index in [1.54, 1.807) is 6.20 Å². The van der Waals surface area contributed by atoms with Crippen LogP contribution in [-0.2, 0) is 6.54 Å². The normalized spacial score (nSPS) is 18.5. The highest BCUT2D eigenvalue weighted by molar-refractivity contribution is 5.98. The van der Waals surface area contributed by atoms with Gasteiger partial charge in [0.15, 0.2) is 0 Å². The Hall–Kier alpha value is -3.71. The highest BCUT2D eigenvalue weighted by atomic mass is 15.5. The molecule has 0 unspecified atom stereocenters. The number of hydrogen-bond acceptors (Lipinski definition) is 6. The minimum absolute atomic E-state index is 0.0477. The van der Waals surface area contributed by atoms with Crippen molar-refractivity contribution in [3.8, 4) is 0 Å². The van der Waals surface area contributed by atoms with Crippen LogP contribution < -0.4 is 10.2 Å². The molecule has 1 atom stereocenters. The molecule has 1 N–H and O–H groups in total. The van der Waals surface area contributed by atoms with E-state index in [2.05, 4.69) is 73.2 Å². The molecule has 0 saturated heterocycles. The third-order valence-corrected chi connectivity index (χ3v) is 5.60. The van der Waals surface area contributed by atoms with Crippen LogP contribution in [0.15, 0.2) is 84.1 Å². The quantitative estimate of drug-likeness (QED) is 0.577. The molecule has 148 valence electrons. The van der Waals surface area contributed by atoms with Crippen molar-refractivity contribution >= 4 is 22.9 Å².